The average Bonchev–Trinajstić information content (AvgIpc) is 2.51. The Balaban J connectivity index is 1.97. The zero-order valence-corrected chi connectivity index (χ0v) is 13.0. The maximum atomic E-state index is 13.5. The van der Waals surface area contributed by atoms with Gasteiger partial charge in [0.25, 0.3) is 0 Å². The summed E-state index contributed by atoms with van der Waals surface area (Å²) in [6.45, 7) is 3.03. The van der Waals surface area contributed by atoms with E-state index in [2.05, 4.69) is 12.2 Å². The molecule has 1 saturated carbocycles. The van der Waals surface area contributed by atoms with Crippen LogP contribution in [-0.2, 0) is 0 Å². The van der Waals surface area contributed by atoms with Crippen molar-refractivity contribution in [2.45, 2.75) is 64.3 Å². The fraction of sp³-hybridized carbons (Fsp3) is 0.667. The first-order chi connectivity index (χ1) is 10.2. The monoisotopic (exact) mass is 295 g/mol. The van der Waals surface area contributed by atoms with E-state index in [9.17, 15) is 8.78 Å². The van der Waals surface area contributed by atoms with E-state index in [0.29, 0.717) is 0 Å². The second-order valence-electron chi connectivity index (χ2n) is 6.26. The molecule has 3 heteroatoms. The van der Waals surface area contributed by atoms with Crippen LogP contribution in [0, 0.1) is 17.6 Å². The molecule has 0 bridgehead atoms. The van der Waals surface area contributed by atoms with Gasteiger partial charge in [-0.05, 0) is 49.4 Å². The largest absolute Gasteiger partial charge is 0.310 e. The fourth-order valence-corrected chi connectivity index (χ4v) is 3.31. The zero-order valence-electron chi connectivity index (χ0n) is 13.0. The molecule has 2 rings (SSSR count). The Bertz CT molecular complexity index is 427. The number of hydrogen-bond donors (Lipinski definition) is 1. The lowest BCUT2D eigenvalue weighted by Crippen LogP contribution is -2.23. The second-order valence-corrected chi connectivity index (χ2v) is 6.26. The van der Waals surface area contributed by atoms with Crippen LogP contribution in [0.2, 0.25) is 0 Å². The van der Waals surface area contributed by atoms with Crippen LogP contribution in [-0.4, -0.2) is 6.54 Å². The second kappa shape index (κ2) is 8.47. The first kappa shape index (κ1) is 16.4. The Morgan fingerprint density at radius 2 is 1.90 bits per heavy atom. The number of halogens is 2. The van der Waals surface area contributed by atoms with Gasteiger partial charge in [-0.1, -0.05) is 45.1 Å². The third-order valence-corrected chi connectivity index (χ3v) is 4.58. The molecule has 1 unspecified atom stereocenters. The standard InChI is InChI=1S/C18H27F2N/c1-2-12-21-18(11-8-14-6-4-3-5-7-14)15-9-10-16(19)17(20)13-15/h9-10,13-14,18,21H,2-8,11-12H2,1H3. The third kappa shape index (κ3) is 5.06. The topological polar surface area (TPSA) is 12.0 Å². The molecule has 0 spiro atoms. The Morgan fingerprint density at radius 3 is 2.57 bits per heavy atom. The smallest absolute Gasteiger partial charge is 0.159 e. The van der Waals surface area contributed by atoms with Gasteiger partial charge in [-0.2, -0.15) is 0 Å². The van der Waals surface area contributed by atoms with Crippen molar-refractivity contribution in [2.24, 2.45) is 5.92 Å². The lowest BCUT2D eigenvalue weighted by atomic mass is 9.84. The van der Waals surface area contributed by atoms with E-state index in [0.717, 1.165) is 30.9 Å². The summed E-state index contributed by atoms with van der Waals surface area (Å²) in [5.74, 6) is -0.691. The van der Waals surface area contributed by atoms with E-state index >= 15 is 0 Å². The van der Waals surface area contributed by atoms with Crippen molar-refractivity contribution in [1.82, 2.24) is 5.32 Å². The lowest BCUT2D eigenvalue weighted by Gasteiger charge is -2.25. The zero-order chi connectivity index (χ0) is 15.1. The van der Waals surface area contributed by atoms with E-state index in [4.69, 9.17) is 0 Å². The minimum absolute atomic E-state index is 0.141. The summed E-state index contributed by atoms with van der Waals surface area (Å²) < 4.78 is 26.5. The quantitative estimate of drug-likeness (QED) is 0.713. The van der Waals surface area contributed by atoms with Crippen LogP contribution >= 0.6 is 0 Å². The highest BCUT2D eigenvalue weighted by molar-refractivity contribution is 5.21. The number of nitrogens with one attached hydrogen (secondary N) is 1. The minimum atomic E-state index is -0.764. The van der Waals surface area contributed by atoms with Crippen LogP contribution in [0.3, 0.4) is 0 Å². The molecular formula is C18H27F2N. The molecule has 1 nitrogen and oxygen atoms in total. The molecule has 1 aromatic carbocycles. The normalized spacial score (nSPS) is 17.9. The molecule has 0 saturated heterocycles. The van der Waals surface area contributed by atoms with Gasteiger partial charge in [-0.25, -0.2) is 8.78 Å². The molecule has 1 aliphatic rings. The molecule has 0 radical (unpaired) electrons. The van der Waals surface area contributed by atoms with Crippen molar-refractivity contribution in [3.05, 3.63) is 35.4 Å². The molecule has 1 fully saturated rings. The van der Waals surface area contributed by atoms with Crippen molar-refractivity contribution in [1.29, 1.82) is 0 Å². The molecule has 0 heterocycles. The molecule has 0 aliphatic heterocycles. The van der Waals surface area contributed by atoms with E-state index in [1.165, 1.54) is 50.7 Å². The molecule has 1 N–H and O–H groups in total. The van der Waals surface area contributed by atoms with Crippen LogP contribution in [0.15, 0.2) is 18.2 Å². The van der Waals surface area contributed by atoms with Gasteiger partial charge in [0.15, 0.2) is 11.6 Å². The van der Waals surface area contributed by atoms with Gasteiger partial charge in [0, 0.05) is 6.04 Å². The summed E-state index contributed by atoms with van der Waals surface area (Å²) in [7, 11) is 0. The molecular weight excluding hydrogens is 268 g/mol. The van der Waals surface area contributed by atoms with Crippen molar-refractivity contribution in [2.75, 3.05) is 6.54 Å². The van der Waals surface area contributed by atoms with Crippen LogP contribution in [0.25, 0.3) is 0 Å². The first-order valence-corrected chi connectivity index (χ1v) is 8.39. The summed E-state index contributed by atoms with van der Waals surface area (Å²) in [4.78, 5) is 0. The molecule has 118 valence electrons. The van der Waals surface area contributed by atoms with Crippen molar-refractivity contribution < 1.29 is 8.78 Å². The maximum Gasteiger partial charge on any atom is 0.159 e. The van der Waals surface area contributed by atoms with Crippen LogP contribution in [0.5, 0.6) is 0 Å². The van der Waals surface area contributed by atoms with Gasteiger partial charge in [-0.15, -0.1) is 0 Å². The Morgan fingerprint density at radius 1 is 1.14 bits per heavy atom. The average molecular weight is 295 g/mol. The lowest BCUT2D eigenvalue weighted by molar-refractivity contribution is 0.314. The van der Waals surface area contributed by atoms with Crippen LogP contribution < -0.4 is 5.32 Å². The highest BCUT2D eigenvalue weighted by Crippen LogP contribution is 2.30. The molecule has 1 aromatic rings. The van der Waals surface area contributed by atoms with Crippen LogP contribution in [0.1, 0.15) is 69.9 Å². The van der Waals surface area contributed by atoms with Gasteiger partial charge < -0.3 is 5.32 Å². The van der Waals surface area contributed by atoms with Crippen molar-refractivity contribution >= 4 is 0 Å². The summed E-state index contributed by atoms with van der Waals surface area (Å²) in [6.07, 6.45) is 9.97. The predicted molar refractivity (Wildman–Crippen MR) is 83.2 cm³/mol. The number of benzene rings is 1. The fourth-order valence-electron chi connectivity index (χ4n) is 3.31. The van der Waals surface area contributed by atoms with Crippen LogP contribution in [0.4, 0.5) is 8.78 Å². The maximum absolute atomic E-state index is 13.5. The SMILES string of the molecule is CCCNC(CCC1CCCCC1)c1ccc(F)c(F)c1. The van der Waals surface area contributed by atoms with Gasteiger partial charge in [-0.3, -0.25) is 0 Å². The van der Waals surface area contributed by atoms with Gasteiger partial charge >= 0.3 is 0 Å². The summed E-state index contributed by atoms with van der Waals surface area (Å²) in [6, 6.07) is 4.45. The number of rotatable bonds is 7. The minimum Gasteiger partial charge on any atom is -0.310 e. The van der Waals surface area contributed by atoms with E-state index < -0.39 is 11.6 Å². The molecule has 0 aromatic heterocycles. The molecule has 21 heavy (non-hydrogen) atoms. The van der Waals surface area contributed by atoms with Gasteiger partial charge in [0.05, 0.1) is 0 Å². The van der Waals surface area contributed by atoms with E-state index in [1.54, 1.807) is 6.07 Å². The van der Waals surface area contributed by atoms with Crippen molar-refractivity contribution in [3.8, 4) is 0 Å². The first-order valence-electron chi connectivity index (χ1n) is 8.39. The molecule has 0 amide bonds. The Labute approximate surface area is 127 Å². The van der Waals surface area contributed by atoms with Gasteiger partial charge in [0.1, 0.15) is 0 Å². The molecule has 1 atom stereocenters. The highest BCUT2D eigenvalue weighted by atomic mass is 19.2. The Hall–Kier alpha value is -0.960. The van der Waals surface area contributed by atoms with Crippen molar-refractivity contribution in [3.63, 3.8) is 0 Å². The Kier molecular flexibility index (Phi) is 6.62. The predicted octanol–water partition coefficient (Wildman–Crippen LogP) is 5.37. The van der Waals surface area contributed by atoms with Gasteiger partial charge in [0.2, 0.25) is 0 Å². The van der Waals surface area contributed by atoms with E-state index in [1.807, 2.05) is 0 Å². The molecule has 1 aliphatic carbocycles. The third-order valence-electron chi connectivity index (χ3n) is 4.58. The summed E-state index contributed by atoms with van der Waals surface area (Å²) >= 11 is 0. The number of hydrogen-bond acceptors (Lipinski definition) is 1. The summed E-state index contributed by atoms with van der Waals surface area (Å²) in [5.41, 5.74) is 0.873. The summed E-state index contributed by atoms with van der Waals surface area (Å²) in [5, 5.41) is 3.48. The highest BCUT2D eigenvalue weighted by Gasteiger charge is 2.18. The van der Waals surface area contributed by atoms with E-state index in [-0.39, 0.29) is 6.04 Å².